The highest BCUT2D eigenvalue weighted by atomic mass is 35.5. The molecule has 1 spiro atoms. The van der Waals surface area contributed by atoms with Gasteiger partial charge in [-0.15, -0.1) is 4.36 Å². The maximum absolute atomic E-state index is 14.2. The summed E-state index contributed by atoms with van der Waals surface area (Å²) in [5.74, 6) is 0.693. The van der Waals surface area contributed by atoms with Crippen molar-refractivity contribution in [3.63, 3.8) is 0 Å². The minimum atomic E-state index is -3.47. The molecule has 0 saturated heterocycles. The number of ether oxygens (including phenoxy) is 3. The van der Waals surface area contributed by atoms with Crippen LogP contribution in [0, 0.1) is 11.8 Å². The van der Waals surface area contributed by atoms with Crippen molar-refractivity contribution in [2.45, 2.75) is 56.5 Å². The second-order valence-electron chi connectivity index (χ2n) is 13.9. The number of anilines is 1. The number of halogens is 1. The van der Waals surface area contributed by atoms with Crippen LogP contribution in [0.3, 0.4) is 0 Å². The van der Waals surface area contributed by atoms with Crippen molar-refractivity contribution < 1.29 is 28.0 Å². The van der Waals surface area contributed by atoms with Crippen molar-refractivity contribution in [1.29, 1.82) is 0 Å². The Morgan fingerprint density at radius 2 is 1.98 bits per heavy atom. The first-order valence-corrected chi connectivity index (χ1v) is 19.6. The lowest BCUT2D eigenvalue weighted by atomic mass is 9.68. The predicted molar refractivity (Wildman–Crippen MR) is 195 cm³/mol. The number of aryl methyl sites for hydroxylation is 1. The summed E-state index contributed by atoms with van der Waals surface area (Å²) in [7, 11) is -1.71. The van der Waals surface area contributed by atoms with E-state index in [2.05, 4.69) is 38.3 Å². The molecule has 1 saturated carbocycles. The number of hydrogen-bond acceptors (Lipinski definition) is 7. The van der Waals surface area contributed by atoms with Gasteiger partial charge >= 0.3 is 0 Å². The van der Waals surface area contributed by atoms with Crippen molar-refractivity contribution in [3.8, 4) is 11.5 Å². The number of amides is 2. The molecule has 3 aromatic rings. The number of nitrogens with one attached hydrogen (secondary N) is 1. The third kappa shape index (κ3) is 7.43. The van der Waals surface area contributed by atoms with Crippen LogP contribution in [0.5, 0.6) is 11.5 Å². The van der Waals surface area contributed by atoms with Crippen molar-refractivity contribution in [2.24, 2.45) is 16.2 Å². The summed E-state index contributed by atoms with van der Waals surface area (Å²) in [6, 6.07) is 20.4. The Labute approximate surface area is 299 Å². The number of benzene rings is 3. The van der Waals surface area contributed by atoms with Crippen molar-refractivity contribution in [1.82, 2.24) is 4.72 Å². The molecular formula is C39H44ClN3O6S. The molecule has 2 amide bonds. The summed E-state index contributed by atoms with van der Waals surface area (Å²) in [6.07, 6.45) is 10.3. The molecule has 2 bridgehead atoms. The first-order valence-electron chi connectivity index (χ1n) is 17.5. The molecule has 2 aliphatic carbocycles. The van der Waals surface area contributed by atoms with Gasteiger partial charge < -0.3 is 19.1 Å². The summed E-state index contributed by atoms with van der Waals surface area (Å²) in [6.45, 7) is 1.65. The van der Waals surface area contributed by atoms with Gasteiger partial charge in [-0.05, 0) is 110 Å². The SMILES string of the molecule is CO[C@H]1/C=C/CCC[S@@](=O)(NC(=O)COc2ccccc2)=NC(=O)c2ccc3c(c2)N(C[C@@H]2CC[C@H]21)C[C@@]1(CCCc2cc(Cl)ccc21)CO3. The smallest absolute Gasteiger partial charge is 0.286 e. The average molecular weight is 718 g/mol. The largest absolute Gasteiger partial charge is 0.490 e. The van der Waals surface area contributed by atoms with Gasteiger partial charge in [-0.2, -0.15) is 0 Å². The summed E-state index contributed by atoms with van der Waals surface area (Å²) in [5.41, 5.74) is 3.39. The summed E-state index contributed by atoms with van der Waals surface area (Å²) >= 11 is 6.44. The number of carbonyl (C=O) groups excluding carboxylic acids is 2. The summed E-state index contributed by atoms with van der Waals surface area (Å²) in [4.78, 5) is 29.2. The van der Waals surface area contributed by atoms with Gasteiger partial charge in [0.05, 0.1) is 24.2 Å². The zero-order valence-electron chi connectivity index (χ0n) is 28.4. The zero-order valence-corrected chi connectivity index (χ0v) is 29.9. The van der Waals surface area contributed by atoms with Crippen LogP contribution in [0.4, 0.5) is 5.69 Å². The van der Waals surface area contributed by atoms with E-state index in [1.807, 2.05) is 24.3 Å². The number of carbonyl (C=O) groups is 2. The first kappa shape index (κ1) is 34.6. The van der Waals surface area contributed by atoms with Crippen LogP contribution in [0.1, 0.15) is 60.0 Å². The fourth-order valence-corrected chi connectivity index (χ4v) is 9.77. The first-order chi connectivity index (χ1) is 24.2. The van der Waals surface area contributed by atoms with Crippen LogP contribution < -0.4 is 19.1 Å². The van der Waals surface area contributed by atoms with Crippen molar-refractivity contribution in [3.05, 3.63) is 101 Å². The highest BCUT2D eigenvalue weighted by Gasteiger charge is 2.44. The van der Waals surface area contributed by atoms with Gasteiger partial charge in [0, 0.05) is 36.2 Å². The molecule has 4 aliphatic rings. The topological polar surface area (TPSA) is 107 Å². The van der Waals surface area contributed by atoms with Crippen molar-refractivity contribution in [2.75, 3.05) is 44.1 Å². The highest BCUT2D eigenvalue weighted by Crippen LogP contribution is 2.47. The molecule has 1 fully saturated rings. The normalized spacial score (nSPS) is 28.5. The number of hydrogen-bond donors (Lipinski definition) is 1. The maximum atomic E-state index is 14.2. The van der Waals surface area contributed by atoms with Gasteiger partial charge in [0.2, 0.25) is 0 Å². The van der Waals surface area contributed by atoms with E-state index in [0.717, 1.165) is 49.4 Å². The minimum Gasteiger partial charge on any atom is -0.490 e. The fraction of sp³-hybridized carbons (Fsp3) is 0.436. The second kappa shape index (κ2) is 14.8. The van der Waals surface area contributed by atoms with E-state index >= 15 is 0 Å². The van der Waals surface area contributed by atoms with Crippen molar-refractivity contribution >= 4 is 39.0 Å². The van der Waals surface area contributed by atoms with E-state index in [-0.39, 0.29) is 23.9 Å². The van der Waals surface area contributed by atoms with E-state index in [0.29, 0.717) is 54.9 Å². The third-order valence-electron chi connectivity index (χ3n) is 10.6. The molecule has 2 aliphatic heterocycles. The van der Waals surface area contributed by atoms with Crippen LogP contribution >= 0.6 is 11.6 Å². The number of nitrogens with zero attached hydrogens (tertiary/aromatic N) is 2. The molecule has 5 atom stereocenters. The Morgan fingerprint density at radius 1 is 1.12 bits per heavy atom. The highest BCUT2D eigenvalue weighted by molar-refractivity contribution is 7.92. The molecule has 264 valence electrons. The zero-order chi connectivity index (χ0) is 34.7. The van der Waals surface area contributed by atoms with Crippen LogP contribution in [0.15, 0.2) is 83.2 Å². The Hall–Kier alpha value is -3.86. The fourth-order valence-electron chi connectivity index (χ4n) is 7.99. The molecule has 7 rings (SSSR count). The number of methoxy groups -OCH3 is 1. The predicted octanol–water partition coefficient (Wildman–Crippen LogP) is 6.92. The van der Waals surface area contributed by atoms with E-state index < -0.39 is 21.7 Å². The van der Waals surface area contributed by atoms with Gasteiger partial charge in [-0.25, -0.2) is 4.21 Å². The molecule has 3 aromatic carbocycles. The molecule has 9 nitrogen and oxygen atoms in total. The summed E-state index contributed by atoms with van der Waals surface area (Å²) < 4.78 is 39.1. The monoisotopic (exact) mass is 717 g/mol. The third-order valence-corrected chi connectivity index (χ3v) is 12.7. The van der Waals surface area contributed by atoms with E-state index in [1.165, 1.54) is 11.1 Å². The lowest BCUT2D eigenvalue weighted by molar-refractivity contribution is -0.121. The standard InChI is InChI=1S/C39H44ClN3O6S/c1-47-35-12-6-3-7-20-50(46,41-37(44)24-48-31-10-4-2-5-11-31)42-38(45)28-14-18-36-34(22-28)43(23-29-13-16-32(29)35)25-39(26-49-36)19-8-9-27-21-30(40)15-17-33(27)39/h2,4-6,10-12,14-15,17-18,21-22,29,32,35H,3,7-9,13,16,19-20,23-26H2,1H3,(H,41,42,44,45,46)/b12-6+/t29-,32+,35-,39-,50+/m0/s1. The number of rotatable bonds is 5. The van der Waals surface area contributed by atoms with Gasteiger partial charge in [0.25, 0.3) is 11.8 Å². The van der Waals surface area contributed by atoms with E-state index in [9.17, 15) is 13.8 Å². The van der Waals surface area contributed by atoms with Crippen LogP contribution in [0.2, 0.25) is 5.02 Å². The lowest BCUT2D eigenvalue weighted by Gasteiger charge is -2.46. The Balaban J connectivity index is 1.24. The lowest BCUT2D eigenvalue weighted by Crippen LogP contribution is -2.49. The van der Waals surface area contributed by atoms with Crippen LogP contribution in [-0.4, -0.2) is 61.3 Å². The quantitative estimate of drug-likeness (QED) is 0.286. The number of allylic oxidation sites excluding steroid dienone is 1. The molecule has 0 unspecified atom stereocenters. The molecule has 2 heterocycles. The molecule has 0 radical (unpaired) electrons. The Morgan fingerprint density at radius 3 is 2.78 bits per heavy atom. The average Bonchev–Trinajstić information content (AvgIpc) is 3.25. The molecular weight excluding hydrogens is 674 g/mol. The van der Waals surface area contributed by atoms with Gasteiger partial charge in [-0.1, -0.05) is 48.0 Å². The number of para-hydroxylation sites is 1. The molecule has 1 N–H and O–H groups in total. The Kier molecular flexibility index (Phi) is 10.2. The Bertz CT molecular complexity index is 1890. The molecule has 0 aromatic heterocycles. The maximum Gasteiger partial charge on any atom is 0.286 e. The molecule has 50 heavy (non-hydrogen) atoms. The molecule has 11 heteroatoms. The van der Waals surface area contributed by atoms with Crippen LogP contribution in [0.25, 0.3) is 0 Å². The second-order valence-corrected chi connectivity index (χ2v) is 16.4. The summed E-state index contributed by atoms with van der Waals surface area (Å²) in [5, 5.41) is 0.739. The van der Waals surface area contributed by atoms with Gasteiger partial charge in [-0.3, -0.25) is 14.3 Å². The number of fused-ring (bicyclic) bond motifs is 4. The van der Waals surface area contributed by atoms with Gasteiger partial charge in [0.1, 0.15) is 21.4 Å². The van der Waals surface area contributed by atoms with Gasteiger partial charge in [0.15, 0.2) is 6.61 Å². The minimum absolute atomic E-state index is 0.00990. The van der Waals surface area contributed by atoms with Crippen LogP contribution in [-0.2, 0) is 31.3 Å². The van der Waals surface area contributed by atoms with E-state index in [1.54, 1.807) is 37.4 Å². The van der Waals surface area contributed by atoms with E-state index in [4.69, 9.17) is 25.8 Å².